The van der Waals surface area contributed by atoms with Gasteiger partial charge in [0.05, 0.1) is 25.5 Å². The molecule has 0 amide bonds. The first kappa shape index (κ1) is 21.6. The highest BCUT2D eigenvalue weighted by atomic mass is 32.1. The van der Waals surface area contributed by atoms with E-state index in [1.807, 2.05) is 12.1 Å². The first-order valence-corrected chi connectivity index (χ1v) is 11.3. The van der Waals surface area contributed by atoms with Crippen LogP contribution in [0.25, 0.3) is 11.3 Å². The number of unbranched alkanes of at least 4 members (excludes halogenated alkanes) is 5. The Bertz CT molecular complexity index is 759. The van der Waals surface area contributed by atoms with Gasteiger partial charge >= 0.3 is 5.97 Å². The molecule has 1 aromatic carbocycles. The van der Waals surface area contributed by atoms with Crippen LogP contribution in [-0.2, 0) is 9.53 Å². The highest BCUT2D eigenvalue weighted by Gasteiger charge is 2.15. The molecule has 0 atom stereocenters. The number of morpholine rings is 1. The Hall–Kier alpha value is -2.12. The largest absolute Gasteiger partial charge is 0.494 e. The molecule has 3 rings (SSSR count). The molecule has 1 aliphatic heterocycles. The highest BCUT2D eigenvalue weighted by Crippen LogP contribution is 2.29. The van der Waals surface area contributed by atoms with E-state index in [0.29, 0.717) is 6.61 Å². The van der Waals surface area contributed by atoms with Gasteiger partial charge in [0.15, 0.2) is 5.13 Å². The number of aliphatic carboxylic acids is 1. The molecule has 7 heteroatoms. The number of anilines is 1. The molecular weight excluding hydrogens is 388 g/mol. The molecule has 1 saturated heterocycles. The van der Waals surface area contributed by atoms with Crippen LogP contribution in [0.5, 0.6) is 5.75 Å². The first-order valence-electron chi connectivity index (χ1n) is 10.5. The van der Waals surface area contributed by atoms with Crippen LogP contribution in [-0.4, -0.2) is 49.0 Å². The summed E-state index contributed by atoms with van der Waals surface area (Å²) < 4.78 is 11.3. The number of rotatable bonds is 12. The van der Waals surface area contributed by atoms with E-state index >= 15 is 0 Å². The SMILES string of the molecule is O=C(O)CCCCCCCCOc1cccc(-c2csc(N3CCOCC3)n2)c1. The molecule has 2 aromatic rings. The summed E-state index contributed by atoms with van der Waals surface area (Å²) in [5.74, 6) is 0.181. The zero-order valence-electron chi connectivity index (χ0n) is 16.8. The Kier molecular flexibility index (Phi) is 8.77. The summed E-state index contributed by atoms with van der Waals surface area (Å²) in [5.41, 5.74) is 2.07. The Labute approximate surface area is 176 Å². The number of carbonyl (C=O) groups is 1. The summed E-state index contributed by atoms with van der Waals surface area (Å²) in [6, 6.07) is 8.14. The monoisotopic (exact) mass is 418 g/mol. The van der Waals surface area contributed by atoms with E-state index in [0.717, 1.165) is 87.0 Å². The third-order valence-electron chi connectivity index (χ3n) is 4.96. The van der Waals surface area contributed by atoms with E-state index in [9.17, 15) is 4.79 Å². The van der Waals surface area contributed by atoms with Crippen molar-refractivity contribution < 1.29 is 19.4 Å². The molecule has 0 saturated carbocycles. The maximum Gasteiger partial charge on any atom is 0.303 e. The van der Waals surface area contributed by atoms with E-state index < -0.39 is 5.97 Å². The molecule has 29 heavy (non-hydrogen) atoms. The number of ether oxygens (including phenoxy) is 2. The molecule has 0 radical (unpaired) electrons. The average molecular weight is 419 g/mol. The van der Waals surface area contributed by atoms with Gasteiger partial charge in [-0.15, -0.1) is 11.3 Å². The van der Waals surface area contributed by atoms with Crippen LogP contribution in [0.1, 0.15) is 44.9 Å². The van der Waals surface area contributed by atoms with Crippen LogP contribution in [0.2, 0.25) is 0 Å². The van der Waals surface area contributed by atoms with Gasteiger partial charge in [-0.3, -0.25) is 4.79 Å². The minimum absolute atomic E-state index is 0.284. The van der Waals surface area contributed by atoms with Crippen molar-refractivity contribution in [3.63, 3.8) is 0 Å². The molecule has 2 heterocycles. The van der Waals surface area contributed by atoms with Gasteiger partial charge in [0.1, 0.15) is 5.75 Å². The fraction of sp³-hybridized carbons (Fsp3) is 0.545. The second kappa shape index (κ2) is 11.8. The Morgan fingerprint density at radius 2 is 1.90 bits per heavy atom. The van der Waals surface area contributed by atoms with Crippen LogP contribution < -0.4 is 9.64 Å². The van der Waals surface area contributed by atoms with E-state index in [2.05, 4.69) is 22.4 Å². The van der Waals surface area contributed by atoms with Gasteiger partial charge in [-0.05, 0) is 25.0 Å². The van der Waals surface area contributed by atoms with Crippen LogP contribution in [0.4, 0.5) is 5.13 Å². The topological polar surface area (TPSA) is 71.9 Å². The van der Waals surface area contributed by atoms with Gasteiger partial charge in [0.2, 0.25) is 0 Å². The Morgan fingerprint density at radius 3 is 2.69 bits per heavy atom. The van der Waals surface area contributed by atoms with Crippen molar-refractivity contribution in [1.29, 1.82) is 0 Å². The second-order valence-corrected chi connectivity index (χ2v) is 8.09. The van der Waals surface area contributed by atoms with Crippen molar-refractivity contribution >= 4 is 22.4 Å². The van der Waals surface area contributed by atoms with Gasteiger partial charge in [-0.1, -0.05) is 37.8 Å². The van der Waals surface area contributed by atoms with Crippen LogP contribution in [0.3, 0.4) is 0 Å². The van der Waals surface area contributed by atoms with Crippen molar-refractivity contribution in [2.24, 2.45) is 0 Å². The lowest BCUT2D eigenvalue weighted by Crippen LogP contribution is -2.36. The minimum atomic E-state index is -0.699. The zero-order chi connectivity index (χ0) is 20.3. The van der Waals surface area contributed by atoms with Gasteiger partial charge in [0.25, 0.3) is 0 Å². The molecule has 0 bridgehead atoms. The highest BCUT2D eigenvalue weighted by molar-refractivity contribution is 7.14. The summed E-state index contributed by atoms with van der Waals surface area (Å²) in [6.45, 7) is 4.03. The molecule has 0 unspecified atom stereocenters. The normalized spacial score (nSPS) is 14.1. The number of thiazole rings is 1. The molecule has 1 aliphatic rings. The lowest BCUT2D eigenvalue weighted by atomic mass is 10.1. The molecule has 1 N–H and O–H groups in total. The molecule has 0 spiro atoms. The number of benzene rings is 1. The molecule has 1 aromatic heterocycles. The van der Waals surface area contributed by atoms with E-state index in [-0.39, 0.29) is 6.42 Å². The average Bonchev–Trinajstić information content (AvgIpc) is 3.24. The lowest BCUT2D eigenvalue weighted by molar-refractivity contribution is -0.137. The number of hydrogen-bond donors (Lipinski definition) is 1. The lowest BCUT2D eigenvalue weighted by Gasteiger charge is -2.26. The third kappa shape index (κ3) is 7.33. The summed E-state index contributed by atoms with van der Waals surface area (Å²) in [7, 11) is 0. The van der Waals surface area contributed by atoms with Crippen molar-refractivity contribution in [3.8, 4) is 17.0 Å². The summed E-state index contributed by atoms with van der Waals surface area (Å²) in [4.78, 5) is 17.5. The number of carboxylic acid groups (broad SMARTS) is 1. The van der Waals surface area contributed by atoms with Crippen LogP contribution in [0.15, 0.2) is 29.6 Å². The van der Waals surface area contributed by atoms with Crippen molar-refractivity contribution in [3.05, 3.63) is 29.6 Å². The Balaban J connectivity index is 1.38. The quantitative estimate of drug-likeness (QED) is 0.497. The summed E-state index contributed by atoms with van der Waals surface area (Å²) in [6.07, 6.45) is 6.41. The predicted octanol–water partition coefficient (Wildman–Crippen LogP) is 4.84. The number of hydrogen-bond acceptors (Lipinski definition) is 6. The van der Waals surface area contributed by atoms with Gasteiger partial charge in [0, 0.05) is 30.5 Å². The maximum absolute atomic E-state index is 10.5. The fourth-order valence-electron chi connectivity index (χ4n) is 3.32. The minimum Gasteiger partial charge on any atom is -0.494 e. The van der Waals surface area contributed by atoms with Crippen LogP contribution >= 0.6 is 11.3 Å². The first-order chi connectivity index (χ1) is 14.2. The van der Waals surface area contributed by atoms with Gasteiger partial charge in [-0.2, -0.15) is 0 Å². The standard InChI is InChI=1S/C22H30N2O4S/c25-21(26)10-5-3-1-2-4-6-13-28-19-9-7-8-18(16-19)20-17-29-22(23-20)24-11-14-27-15-12-24/h7-9,16-17H,1-6,10-15H2,(H,25,26). The van der Waals surface area contributed by atoms with Crippen molar-refractivity contribution in [2.45, 2.75) is 44.9 Å². The molecular formula is C22H30N2O4S. The predicted molar refractivity (Wildman–Crippen MR) is 116 cm³/mol. The van der Waals surface area contributed by atoms with Crippen molar-refractivity contribution in [2.75, 3.05) is 37.8 Å². The van der Waals surface area contributed by atoms with Crippen LogP contribution in [0, 0.1) is 0 Å². The van der Waals surface area contributed by atoms with Gasteiger partial charge < -0.3 is 19.5 Å². The smallest absolute Gasteiger partial charge is 0.303 e. The molecule has 158 valence electrons. The fourth-order valence-corrected chi connectivity index (χ4v) is 4.21. The number of nitrogens with zero attached hydrogens (tertiary/aromatic N) is 2. The Morgan fingerprint density at radius 1 is 1.14 bits per heavy atom. The summed E-state index contributed by atoms with van der Waals surface area (Å²) >= 11 is 1.68. The maximum atomic E-state index is 10.5. The molecule has 0 aliphatic carbocycles. The van der Waals surface area contributed by atoms with E-state index in [1.165, 1.54) is 0 Å². The van der Waals surface area contributed by atoms with E-state index in [4.69, 9.17) is 19.6 Å². The third-order valence-corrected chi connectivity index (χ3v) is 5.86. The van der Waals surface area contributed by atoms with Crippen molar-refractivity contribution in [1.82, 2.24) is 4.98 Å². The zero-order valence-corrected chi connectivity index (χ0v) is 17.7. The second-order valence-electron chi connectivity index (χ2n) is 7.26. The summed E-state index contributed by atoms with van der Waals surface area (Å²) in [5, 5.41) is 11.8. The number of carboxylic acids is 1. The van der Waals surface area contributed by atoms with E-state index in [1.54, 1.807) is 11.3 Å². The number of aromatic nitrogens is 1. The molecule has 6 nitrogen and oxygen atoms in total. The van der Waals surface area contributed by atoms with Gasteiger partial charge in [-0.25, -0.2) is 4.98 Å². The molecule has 1 fully saturated rings.